The van der Waals surface area contributed by atoms with Crippen molar-refractivity contribution in [3.63, 3.8) is 0 Å². The molecule has 0 rings (SSSR count). The molecule has 72 heavy (non-hydrogen) atoms. The van der Waals surface area contributed by atoms with Crippen LogP contribution < -0.4 is 17.2 Å². The van der Waals surface area contributed by atoms with E-state index in [1.165, 1.54) is 385 Å². The van der Waals surface area contributed by atoms with Gasteiger partial charge in [-0.15, -0.1) is 37.2 Å². The van der Waals surface area contributed by atoms with E-state index in [0.29, 0.717) is 0 Å². The number of hydrogen-bond donors (Lipinski definition) is 3. The molecule has 0 aromatic rings. The molecule has 0 fully saturated rings. The maximum absolute atomic E-state index is 5.51. The zero-order valence-corrected chi connectivity index (χ0v) is 53.0. The lowest BCUT2D eigenvalue weighted by Gasteiger charge is -2.04. The summed E-state index contributed by atoms with van der Waals surface area (Å²) >= 11 is 0. The summed E-state index contributed by atoms with van der Waals surface area (Å²) in [4.78, 5) is 0. The van der Waals surface area contributed by atoms with Crippen molar-refractivity contribution in [2.45, 2.75) is 406 Å². The molecule has 0 aliphatic heterocycles. The van der Waals surface area contributed by atoms with Crippen molar-refractivity contribution >= 4 is 37.2 Å². The first-order chi connectivity index (χ1) is 34.2. The lowest BCUT2D eigenvalue weighted by atomic mass is 10.0. The Kier molecular flexibility index (Phi) is 103. The zero-order chi connectivity index (χ0) is 50.5. The SMILES string of the molecule is CCCCCCCCCCCCCCCCCCCCCCN.CCCCCCCCCCCCCCCCCCCCCCN.CCCCCCCCCCCCCCCCCCCCCCN.Cl.Cl.Cl. The predicted molar refractivity (Wildman–Crippen MR) is 343 cm³/mol. The summed E-state index contributed by atoms with van der Waals surface area (Å²) in [5, 5.41) is 0. The average Bonchev–Trinajstić information content (AvgIpc) is 3.36. The molecular formula is C66H144Cl3N3. The first kappa shape index (κ1) is 84.1. The quantitative estimate of drug-likeness (QED) is 0.0531. The van der Waals surface area contributed by atoms with Crippen LogP contribution in [0.15, 0.2) is 0 Å². The summed E-state index contributed by atoms with van der Waals surface area (Å²) in [7, 11) is 0. The van der Waals surface area contributed by atoms with E-state index in [-0.39, 0.29) is 37.2 Å². The highest BCUT2D eigenvalue weighted by Gasteiger charge is 1.99. The molecule has 0 aliphatic rings. The molecule has 0 saturated carbocycles. The van der Waals surface area contributed by atoms with E-state index in [4.69, 9.17) is 17.2 Å². The normalized spacial score (nSPS) is 10.8. The minimum atomic E-state index is 0. The molecule has 0 amide bonds. The third-order valence-electron chi connectivity index (χ3n) is 15.2. The summed E-state index contributed by atoms with van der Waals surface area (Å²) in [5.74, 6) is 0. The molecule has 0 bridgehead atoms. The molecule has 6 heteroatoms. The van der Waals surface area contributed by atoms with Crippen molar-refractivity contribution in [3.8, 4) is 0 Å². The summed E-state index contributed by atoms with van der Waals surface area (Å²) in [6.45, 7) is 9.51. The Morgan fingerprint density at radius 3 is 0.264 bits per heavy atom. The molecule has 444 valence electrons. The molecular weight excluding hydrogens is 941 g/mol. The Morgan fingerprint density at radius 1 is 0.125 bits per heavy atom. The van der Waals surface area contributed by atoms with Crippen molar-refractivity contribution in [1.29, 1.82) is 0 Å². The average molecular weight is 1090 g/mol. The van der Waals surface area contributed by atoms with Gasteiger partial charge in [0.1, 0.15) is 0 Å². The highest BCUT2D eigenvalue weighted by Crippen LogP contribution is 2.18. The lowest BCUT2D eigenvalue weighted by molar-refractivity contribution is 0.522. The minimum absolute atomic E-state index is 0. The minimum Gasteiger partial charge on any atom is -0.330 e. The van der Waals surface area contributed by atoms with Gasteiger partial charge in [0, 0.05) is 0 Å². The fourth-order valence-electron chi connectivity index (χ4n) is 10.2. The second-order valence-corrected chi connectivity index (χ2v) is 22.5. The number of nitrogens with two attached hydrogens (primary N) is 3. The van der Waals surface area contributed by atoms with Crippen LogP contribution in [0.5, 0.6) is 0 Å². The Bertz CT molecular complexity index is 629. The largest absolute Gasteiger partial charge is 0.330 e. The van der Waals surface area contributed by atoms with Gasteiger partial charge in [0.25, 0.3) is 0 Å². The van der Waals surface area contributed by atoms with Crippen molar-refractivity contribution in [2.75, 3.05) is 19.6 Å². The Labute approximate surface area is 477 Å². The highest BCUT2D eigenvalue weighted by molar-refractivity contribution is 5.86. The van der Waals surface area contributed by atoms with Crippen molar-refractivity contribution in [2.24, 2.45) is 17.2 Å². The third kappa shape index (κ3) is 93.3. The standard InChI is InChI=1S/3C22H47N.3ClH/c3*1-2-3-4-5-6-7-8-9-10-11-12-13-14-15-16-17-18-19-20-21-22-23;;;/h3*2-23H2,1H3;3*1H. The van der Waals surface area contributed by atoms with Gasteiger partial charge in [0.2, 0.25) is 0 Å². The molecule has 0 atom stereocenters. The predicted octanol–water partition coefficient (Wildman–Crippen LogP) is 24.6. The zero-order valence-electron chi connectivity index (χ0n) is 50.5. The van der Waals surface area contributed by atoms with Crippen LogP contribution in [0.4, 0.5) is 0 Å². The van der Waals surface area contributed by atoms with E-state index in [1.54, 1.807) is 0 Å². The first-order valence-electron chi connectivity index (χ1n) is 33.3. The van der Waals surface area contributed by atoms with Crippen molar-refractivity contribution in [1.82, 2.24) is 0 Å². The maximum atomic E-state index is 5.51. The van der Waals surface area contributed by atoms with Gasteiger partial charge in [-0.25, -0.2) is 0 Å². The van der Waals surface area contributed by atoms with Gasteiger partial charge in [-0.2, -0.15) is 0 Å². The molecule has 0 aromatic carbocycles. The molecule has 0 heterocycles. The van der Waals surface area contributed by atoms with Crippen LogP contribution in [0.2, 0.25) is 0 Å². The molecule has 3 nitrogen and oxygen atoms in total. The smallest absolute Gasteiger partial charge is 0.00773 e. The number of unbranched alkanes of at least 4 members (excludes halogenated alkanes) is 57. The van der Waals surface area contributed by atoms with Gasteiger partial charge in [-0.3, -0.25) is 0 Å². The van der Waals surface area contributed by atoms with Crippen LogP contribution >= 0.6 is 37.2 Å². The summed E-state index contributed by atoms with van der Waals surface area (Å²) in [6.07, 6.45) is 86.5. The van der Waals surface area contributed by atoms with Crippen LogP contribution in [-0.2, 0) is 0 Å². The van der Waals surface area contributed by atoms with Crippen molar-refractivity contribution in [3.05, 3.63) is 0 Å². The Balaban J connectivity index is -0.000000222. The molecule has 0 unspecified atom stereocenters. The van der Waals surface area contributed by atoms with E-state index in [9.17, 15) is 0 Å². The van der Waals surface area contributed by atoms with E-state index in [1.807, 2.05) is 0 Å². The van der Waals surface area contributed by atoms with E-state index in [0.717, 1.165) is 19.6 Å². The topological polar surface area (TPSA) is 78.1 Å². The molecule has 0 radical (unpaired) electrons. The Morgan fingerprint density at radius 2 is 0.194 bits per heavy atom. The van der Waals surface area contributed by atoms with E-state index >= 15 is 0 Å². The summed E-state index contributed by atoms with van der Waals surface area (Å²) in [6, 6.07) is 0. The van der Waals surface area contributed by atoms with Crippen LogP contribution in [0.25, 0.3) is 0 Å². The van der Waals surface area contributed by atoms with Gasteiger partial charge in [0.05, 0.1) is 0 Å². The summed E-state index contributed by atoms with van der Waals surface area (Å²) in [5.41, 5.74) is 16.5. The van der Waals surface area contributed by atoms with Gasteiger partial charge in [-0.1, -0.05) is 387 Å². The van der Waals surface area contributed by atoms with Gasteiger partial charge < -0.3 is 17.2 Å². The highest BCUT2D eigenvalue weighted by atomic mass is 35.5. The molecule has 0 aliphatic carbocycles. The van der Waals surface area contributed by atoms with Gasteiger partial charge in [-0.05, 0) is 38.9 Å². The fraction of sp³-hybridized carbons (Fsp3) is 1.00. The molecule has 6 N–H and O–H groups in total. The van der Waals surface area contributed by atoms with Crippen molar-refractivity contribution < 1.29 is 0 Å². The monoisotopic (exact) mass is 1080 g/mol. The van der Waals surface area contributed by atoms with Crippen LogP contribution in [-0.4, -0.2) is 19.6 Å². The van der Waals surface area contributed by atoms with Gasteiger partial charge in [0.15, 0.2) is 0 Å². The number of rotatable bonds is 60. The number of halogens is 3. The molecule has 0 saturated heterocycles. The van der Waals surface area contributed by atoms with Crippen LogP contribution in [0.1, 0.15) is 406 Å². The van der Waals surface area contributed by atoms with Crippen LogP contribution in [0, 0.1) is 0 Å². The molecule has 0 spiro atoms. The second-order valence-electron chi connectivity index (χ2n) is 22.5. The Hall–Kier alpha value is 0.750. The van der Waals surface area contributed by atoms with E-state index < -0.39 is 0 Å². The van der Waals surface area contributed by atoms with Gasteiger partial charge >= 0.3 is 0 Å². The number of hydrogen-bond acceptors (Lipinski definition) is 3. The van der Waals surface area contributed by atoms with E-state index in [2.05, 4.69) is 20.8 Å². The molecule has 0 aromatic heterocycles. The fourth-order valence-corrected chi connectivity index (χ4v) is 10.2. The summed E-state index contributed by atoms with van der Waals surface area (Å²) < 4.78 is 0. The lowest BCUT2D eigenvalue weighted by Crippen LogP contribution is -1.97. The van der Waals surface area contributed by atoms with Crippen LogP contribution in [0.3, 0.4) is 0 Å². The second kappa shape index (κ2) is 88.4. The third-order valence-corrected chi connectivity index (χ3v) is 15.2. The maximum Gasteiger partial charge on any atom is -0.00773 e. The first-order valence-corrected chi connectivity index (χ1v) is 33.3.